The normalized spacial score (nSPS) is 13.6. The molecule has 1 amide bonds. The number of aryl methyl sites for hydroxylation is 1. The lowest BCUT2D eigenvalue weighted by molar-refractivity contribution is -0.120. The van der Waals surface area contributed by atoms with Crippen molar-refractivity contribution in [3.05, 3.63) is 41.7 Å². The Morgan fingerprint density at radius 2 is 2.00 bits per heavy atom. The number of hydrogen-bond donors (Lipinski definition) is 1. The fourth-order valence-corrected chi connectivity index (χ4v) is 3.18. The van der Waals surface area contributed by atoms with Gasteiger partial charge in [0, 0.05) is 19.5 Å². The van der Waals surface area contributed by atoms with Gasteiger partial charge in [-0.2, -0.15) is 0 Å². The third kappa shape index (κ3) is 4.58. The number of nitrogens with one attached hydrogen (secondary N) is 1. The van der Waals surface area contributed by atoms with Crippen LogP contribution < -0.4 is 5.32 Å². The van der Waals surface area contributed by atoms with Crippen molar-refractivity contribution in [3.8, 4) is 0 Å². The molecule has 124 valence electrons. The topological polar surface area (TPSA) is 59.8 Å². The number of carbonyl (C=O) groups excluding carboxylic acids is 1. The van der Waals surface area contributed by atoms with Gasteiger partial charge in [-0.25, -0.2) is 0 Å². The third-order valence-electron chi connectivity index (χ3n) is 3.99. The van der Waals surface area contributed by atoms with Crippen LogP contribution in [0, 0.1) is 6.92 Å². The van der Waals surface area contributed by atoms with Gasteiger partial charge in [-0.3, -0.25) is 4.79 Å². The molecule has 1 aromatic heterocycles. The van der Waals surface area contributed by atoms with Crippen LogP contribution in [0.5, 0.6) is 0 Å². The van der Waals surface area contributed by atoms with E-state index in [0.717, 1.165) is 17.4 Å². The maximum Gasteiger partial charge on any atom is 0.233 e. The molecule has 5 nitrogen and oxygen atoms in total. The molecule has 0 saturated carbocycles. The van der Waals surface area contributed by atoms with Crippen molar-refractivity contribution < 1.29 is 4.79 Å². The smallest absolute Gasteiger partial charge is 0.233 e. The van der Waals surface area contributed by atoms with Gasteiger partial charge in [-0.1, -0.05) is 49.0 Å². The van der Waals surface area contributed by atoms with Crippen LogP contribution in [-0.4, -0.2) is 32.5 Å². The van der Waals surface area contributed by atoms with Gasteiger partial charge in [-0.05, 0) is 25.8 Å². The van der Waals surface area contributed by atoms with Crippen molar-refractivity contribution in [1.29, 1.82) is 0 Å². The number of thioether (sulfide) groups is 1. The number of carbonyl (C=O) groups is 1. The van der Waals surface area contributed by atoms with Crippen molar-refractivity contribution in [2.24, 2.45) is 7.05 Å². The summed E-state index contributed by atoms with van der Waals surface area (Å²) >= 11 is 1.43. The van der Waals surface area contributed by atoms with Crippen LogP contribution in [0.25, 0.3) is 0 Å². The summed E-state index contributed by atoms with van der Waals surface area (Å²) in [7, 11) is 1.91. The average molecular weight is 332 g/mol. The first-order chi connectivity index (χ1) is 11.0. The van der Waals surface area contributed by atoms with E-state index in [4.69, 9.17) is 0 Å². The summed E-state index contributed by atoms with van der Waals surface area (Å²) < 4.78 is 1.90. The Morgan fingerprint density at radius 1 is 1.30 bits per heavy atom. The number of benzene rings is 1. The van der Waals surface area contributed by atoms with E-state index >= 15 is 0 Å². The van der Waals surface area contributed by atoms with Gasteiger partial charge in [-0.15, -0.1) is 10.2 Å². The summed E-state index contributed by atoms with van der Waals surface area (Å²) in [6, 6.07) is 10.3. The van der Waals surface area contributed by atoms with Gasteiger partial charge in [0.05, 0.1) is 5.25 Å². The zero-order valence-corrected chi connectivity index (χ0v) is 14.9. The lowest BCUT2D eigenvalue weighted by Crippen LogP contribution is -2.34. The molecule has 0 unspecified atom stereocenters. The van der Waals surface area contributed by atoms with Gasteiger partial charge in [0.2, 0.25) is 5.91 Å². The van der Waals surface area contributed by atoms with Crippen LogP contribution >= 0.6 is 11.8 Å². The molecule has 2 aromatic rings. The minimum Gasteiger partial charge on any atom is -0.355 e. The van der Waals surface area contributed by atoms with Crippen LogP contribution in [-0.2, 0) is 11.8 Å². The quantitative estimate of drug-likeness (QED) is 0.792. The first-order valence-electron chi connectivity index (χ1n) is 7.88. The largest absolute Gasteiger partial charge is 0.355 e. The molecule has 0 aliphatic heterocycles. The predicted molar refractivity (Wildman–Crippen MR) is 93.5 cm³/mol. The minimum absolute atomic E-state index is 0.0324. The van der Waals surface area contributed by atoms with Gasteiger partial charge in [0.25, 0.3) is 0 Å². The lowest BCUT2D eigenvalue weighted by atomic mass is 9.96. The van der Waals surface area contributed by atoms with Gasteiger partial charge >= 0.3 is 0 Å². The maximum atomic E-state index is 12.3. The Labute approximate surface area is 141 Å². The van der Waals surface area contributed by atoms with Crippen molar-refractivity contribution in [2.45, 2.75) is 43.5 Å². The van der Waals surface area contributed by atoms with E-state index in [9.17, 15) is 4.79 Å². The Bertz CT molecular complexity index is 641. The summed E-state index contributed by atoms with van der Waals surface area (Å²) in [5, 5.41) is 11.7. The molecular weight excluding hydrogens is 308 g/mol. The Kier molecular flexibility index (Phi) is 6.21. The molecule has 0 spiro atoms. The number of aromatic nitrogens is 3. The zero-order chi connectivity index (χ0) is 16.8. The summed E-state index contributed by atoms with van der Waals surface area (Å²) in [6.45, 7) is 6.59. The molecule has 0 aliphatic rings. The molecule has 2 rings (SSSR count). The van der Waals surface area contributed by atoms with E-state index in [1.165, 1.54) is 17.3 Å². The molecule has 23 heavy (non-hydrogen) atoms. The fraction of sp³-hybridized carbons (Fsp3) is 0.471. The lowest BCUT2D eigenvalue weighted by Gasteiger charge is -2.18. The van der Waals surface area contributed by atoms with E-state index < -0.39 is 0 Å². The average Bonchev–Trinajstić information content (AvgIpc) is 2.88. The molecule has 1 N–H and O–H groups in total. The van der Waals surface area contributed by atoms with Crippen LogP contribution in [0.4, 0.5) is 0 Å². The van der Waals surface area contributed by atoms with Crippen molar-refractivity contribution >= 4 is 17.7 Å². The second-order valence-corrected chi connectivity index (χ2v) is 6.92. The highest BCUT2D eigenvalue weighted by atomic mass is 32.2. The first-order valence-corrected chi connectivity index (χ1v) is 8.76. The Morgan fingerprint density at radius 3 is 2.57 bits per heavy atom. The zero-order valence-electron chi connectivity index (χ0n) is 14.1. The third-order valence-corrected chi connectivity index (χ3v) is 5.12. The highest BCUT2D eigenvalue weighted by molar-refractivity contribution is 8.00. The standard InChI is InChI=1S/C17H24N4OS/c1-5-14(15-9-7-6-8-10-15)11-18-16(22)12(2)23-17-20-19-13(3)21(17)4/h6-10,12,14H,5,11H2,1-4H3,(H,18,22)/t12-,14+/m0/s1. The minimum atomic E-state index is -0.203. The van der Waals surface area contributed by atoms with Gasteiger partial charge in [0.1, 0.15) is 5.82 Å². The van der Waals surface area contributed by atoms with E-state index in [1.807, 2.05) is 43.7 Å². The first kappa shape index (κ1) is 17.5. The molecule has 0 saturated heterocycles. The molecule has 0 radical (unpaired) electrons. The van der Waals surface area contributed by atoms with Gasteiger partial charge in [0.15, 0.2) is 5.16 Å². The predicted octanol–water partition coefficient (Wildman–Crippen LogP) is 2.91. The number of rotatable bonds is 7. The van der Waals surface area contributed by atoms with E-state index in [2.05, 4.69) is 34.6 Å². The Hall–Kier alpha value is -1.82. The Balaban J connectivity index is 1.89. The highest BCUT2D eigenvalue weighted by Crippen LogP contribution is 2.22. The molecule has 0 fully saturated rings. The summed E-state index contributed by atoms with van der Waals surface area (Å²) in [5.74, 6) is 1.22. The van der Waals surface area contributed by atoms with Crippen LogP contribution in [0.2, 0.25) is 0 Å². The second kappa shape index (κ2) is 8.15. The van der Waals surface area contributed by atoms with Crippen LogP contribution in [0.1, 0.15) is 37.6 Å². The number of hydrogen-bond acceptors (Lipinski definition) is 4. The van der Waals surface area contributed by atoms with Crippen molar-refractivity contribution in [3.63, 3.8) is 0 Å². The summed E-state index contributed by atoms with van der Waals surface area (Å²) in [6.07, 6.45) is 0.994. The van der Waals surface area contributed by atoms with Crippen molar-refractivity contribution in [2.75, 3.05) is 6.54 Å². The number of amides is 1. The molecule has 2 atom stereocenters. The van der Waals surface area contributed by atoms with Gasteiger partial charge < -0.3 is 9.88 Å². The SMILES string of the molecule is CC[C@H](CNC(=O)[C@H](C)Sc1nnc(C)n1C)c1ccccc1. The molecular formula is C17H24N4OS. The maximum absolute atomic E-state index is 12.3. The van der Waals surface area contributed by atoms with Crippen LogP contribution in [0.15, 0.2) is 35.5 Å². The molecule has 1 aromatic carbocycles. The summed E-state index contributed by atoms with van der Waals surface area (Å²) in [5.41, 5.74) is 1.26. The summed E-state index contributed by atoms with van der Waals surface area (Å²) in [4.78, 5) is 12.3. The second-order valence-electron chi connectivity index (χ2n) is 5.61. The monoisotopic (exact) mass is 332 g/mol. The van der Waals surface area contributed by atoms with Crippen LogP contribution in [0.3, 0.4) is 0 Å². The van der Waals surface area contributed by atoms with Crippen molar-refractivity contribution in [1.82, 2.24) is 20.1 Å². The highest BCUT2D eigenvalue weighted by Gasteiger charge is 2.19. The van der Waals surface area contributed by atoms with E-state index in [-0.39, 0.29) is 11.2 Å². The molecule has 6 heteroatoms. The van der Waals surface area contributed by atoms with E-state index in [1.54, 1.807) is 0 Å². The molecule has 0 bridgehead atoms. The molecule has 1 heterocycles. The molecule has 0 aliphatic carbocycles. The fourth-order valence-electron chi connectivity index (χ4n) is 2.29. The van der Waals surface area contributed by atoms with E-state index in [0.29, 0.717) is 12.5 Å². The number of nitrogens with zero attached hydrogens (tertiary/aromatic N) is 3.